The lowest BCUT2D eigenvalue weighted by atomic mass is 10.2. The van der Waals surface area contributed by atoms with E-state index in [1.807, 2.05) is 20.8 Å². The van der Waals surface area contributed by atoms with E-state index >= 15 is 0 Å². The smallest absolute Gasteiger partial charge is 0.240 e. The molecule has 1 atom stereocenters. The molecule has 0 unspecified atom stereocenters. The molecule has 2 aromatic rings. The highest BCUT2D eigenvalue weighted by Crippen LogP contribution is 2.27. The predicted molar refractivity (Wildman–Crippen MR) is 122 cm³/mol. The second kappa shape index (κ2) is 9.98. The van der Waals surface area contributed by atoms with Gasteiger partial charge in [0.1, 0.15) is 0 Å². The van der Waals surface area contributed by atoms with Gasteiger partial charge in [0.15, 0.2) is 5.16 Å². The van der Waals surface area contributed by atoms with E-state index in [2.05, 4.69) is 33.4 Å². The quantitative estimate of drug-likeness (QED) is 0.562. The molecule has 2 N–H and O–H groups in total. The van der Waals surface area contributed by atoms with Crippen molar-refractivity contribution in [2.45, 2.75) is 76.4 Å². The van der Waals surface area contributed by atoms with Gasteiger partial charge in [0.25, 0.3) is 0 Å². The number of imidazole rings is 1. The zero-order valence-corrected chi connectivity index (χ0v) is 20.3. The van der Waals surface area contributed by atoms with Crippen molar-refractivity contribution in [3.05, 3.63) is 35.7 Å². The molecule has 1 aromatic carbocycles. The van der Waals surface area contributed by atoms with Gasteiger partial charge in [0.2, 0.25) is 15.9 Å². The van der Waals surface area contributed by atoms with Crippen LogP contribution in [0.25, 0.3) is 0 Å². The third kappa shape index (κ3) is 6.33. The van der Waals surface area contributed by atoms with E-state index in [1.165, 1.54) is 23.9 Å². The number of benzene rings is 1. The first kappa shape index (κ1) is 24.4. The molecule has 0 aliphatic rings. The van der Waals surface area contributed by atoms with Crippen LogP contribution in [0.15, 0.2) is 34.3 Å². The minimum Gasteiger partial charge on any atom is -0.325 e. The van der Waals surface area contributed by atoms with Gasteiger partial charge in [-0.3, -0.25) is 4.79 Å². The molecule has 1 amide bonds. The van der Waals surface area contributed by atoms with Crippen molar-refractivity contribution in [3.63, 3.8) is 0 Å². The number of aryl methyl sites for hydroxylation is 1. The van der Waals surface area contributed by atoms with Crippen LogP contribution >= 0.6 is 11.8 Å². The molecule has 30 heavy (non-hydrogen) atoms. The summed E-state index contributed by atoms with van der Waals surface area (Å²) in [4.78, 5) is 17.5. The Morgan fingerprint density at radius 2 is 1.70 bits per heavy atom. The third-order valence-corrected chi connectivity index (χ3v) is 7.21. The van der Waals surface area contributed by atoms with Crippen LogP contribution in [-0.4, -0.2) is 35.2 Å². The molecule has 166 valence electrons. The average Bonchev–Trinajstić information content (AvgIpc) is 2.88. The van der Waals surface area contributed by atoms with Crippen molar-refractivity contribution in [2.24, 2.45) is 5.92 Å². The number of hydrogen-bond acceptors (Lipinski definition) is 5. The number of rotatable bonds is 9. The van der Waals surface area contributed by atoms with Gasteiger partial charge in [-0.05, 0) is 64.8 Å². The van der Waals surface area contributed by atoms with Gasteiger partial charge >= 0.3 is 0 Å². The van der Waals surface area contributed by atoms with E-state index in [1.54, 1.807) is 26.0 Å². The second-order valence-electron chi connectivity index (χ2n) is 8.12. The van der Waals surface area contributed by atoms with Crippen LogP contribution < -0.4 is 10.0 Å². The summed E-state index contributed by atoms with van der Waals surface area (Å²) in [6.07, 6.45) is 0. The van der Waals surface area contributed by atoms with Gasteiger partial charge in [-0.15, -0.1) is 0 Å². The van der Waals surface area contributed by atoms with Gasteiger partial charge < -0.3 is 9.88 Å². The van der Waals surface area contributed by atoms with Crippen LogP contribution in [0, 0.1) is 19.8 Å². The Hall–Kier alpha value is -1.84. The summed E-state index contributed by atoms with van der Waals surface area (Å²) in [5.41, 5.74) is 2.64. The standard InChI is InChI=1S/C21H32N4O3S2/c1-13(2)12-25-16(6)15(5)22-21(25)29-17(7)20(26)23-18-8-10-19(11-9-18)30(27,28)24-14(3)4/h8-11,13-14,17,24H,12H2,1-7H3,(H,23,26)/t17-/m1/s1. The van der Waals surface area contributed by atoms with Crippen LogP contribution in [0.4, 0.5) is 5.69 Å². The predicted octanol–water partition coefficient (Wildman–Crippen LogP) is 3.96. The number of thioether (sulfide) groups is 1. The number of nitrogens with zero attached hydrogens (tertiary/aromatic N) is 2. The van der Waals surface area contributed by atoms with Crippen LogP contribution in [0.5, 0.6) is 0 Å². The summed E-state index contributed by atoms with van der Waals surface area (Å²) in [6, 6.07) is 5.97. The van der Waals surface area contributed by atoms with Crippen molar-refractivity contribution in [3.8, 4) is 0 Å². The van der Waals surface area contributed by atoms with Crippen molar-refractivity contribution < 1.29 is 13.2 Å². The molecule has 0 saturated heterocycles. The first-order valence-corrected chi connectivity index (χ1v) is 12.4. The summed E-state index contributed by atoms with van der Waals surface area (Å²) < 4.78 is 29.1. The Kier molecular flexibility index (Phi) is 8.13. The Labute approximate surface area is 184 Å². The number of aromatic nitrogens is 2. The molecule has 1 aromatic heterocycles. The van der Waals surface area contributed by atoms with E-state index in [-0.39, 0.29) is 22.1 Å². The molecule has 0 aliphatic carbocycles. The molecule has 2 rings (SSSR count). The lowest BCUT2D eigenvalue weighted by Gasteiger charge is -2.15. The molecule has 0 saturated carbocycles. The van der Waals surface area contributed by atoms with Gasteiger partial charge in [0, 0.05) is 24.0 Å². The molecule has 0 fully saturated rings. The maximum atomic E-state index is 12.7. The van der Waals surface area contributed by atoms with E-state index in [0.29, 0.717) is 11.6 Å². The van der Waals surface area contributed by atoms with Gasteiger partial charge in [-0.1, -0.05) is 25.6 Å². The van der Waals surface area contributed by atoms with Crippen molar-refractivity contribution >= 4 is 33.4 Å². The fourth-order valence-electron chi connectivity index (χ4n) is 2.84. The lowest BCUT2D eigenvalue weighted by Crippen LogP contribution is -2.30. The Morgan fingerprint density at radius 1 is 1.10 bits per heavy atom. The van der Waals surface area contributed by atoms with Gasteiger partial charge in [0.05, 0.1) is 15.8 Å². The number of hydrogen-bond donors (Lipinski definition) is 2. The van der Waals surface area contributed by atoms with E-state index in [9.17, 15) is 13.2 Å². The molecule has 1 heterocycles. The maximum absolute atomic E-state index is 12.7. The van der Waals surface area contributed by atoms with Crippen LogP contribution in [0.3, 0.4) is 0 Å². The van der Waals surface area contributed by atoms with Gasteiger partial charge in [-0.2, -0.15) is 0 Å². The monoisotopic (exact) mass is 452 g/mol. The van der Waals surface area contributed by atoms with Crippen LogP contribution in [0.1, 0.15) is 46.0 Å². The molecule has 0 bridgehead atoms. The van der Waals surface area contributed by atoms with E-state index < -0.39 is 10.0 Å². The maximum Gasteiger partial charge on any atom is 0.240 e. The van der Waals surface area contributed by atoms with E-state index in [0.717, 1.165) is 23.1 Å². The fraction of sp³-hybridized carbons (Fsp3) is 0.524. The Bertz CT molecular complexity index is 980. The van der Waals surface area contributed by atoms with Crippen LogP contribution in [-0.2, 0) is 21.4 Å². The molecular weight excluding hydrogens is 420 g/mol. The molecule has 7 nitrogen and oxygen atoms in total. The third-order valence-electron chi connectivity index (χ3n) is 4.44. The number of anilines is 1. The van der Waals surface area contributed by atoms with Crippen molar-refractivity contribution in [1.29, 1.82) is 0 Å². The minimum atomic E-state index is -3.56. The highest BCUT2D eigenvalue weighted by molar-refractivity contribution is 8.00. The zero-order valence-electron chi connectivity index (χ0n) is 18.7. The van der Waals surface area contributed by atoms with Crippen molar-refractivity contribution in [2.75, 3.05) is 5.32 Å². The fourth-order valence-corrected chi connectivity index (χ4v) is 5.11. The molecule has 0 radical (unpaired) electrons. The summed E-state index contributed by atoms with van der Waals surface area (Å²) in [6.45, 7) is 14.5. The zero-order chi connectivity index (χ0) is 22.6. The molecule has 0 aliphatic heterocycles. The number of carbonyl (C=O) groups excluding carboxylic acids is 1. The summed E-state index contributed by atoms with van der Waals surface area (Å²) in [7, 11) is -3.56. The second-order valence-corrected chi connectivity index (χ2v) is 11.1. The molecule has 0 spiro atoms. The summed E-state index contributed by atoms with van der Waals surface area (Å²) in [5, 5.41) is 3.33. The van der Waals surface area contributed by atoms with Crippen LogP contribution in [0.2, 0.25) is 0 Å². The highest BCUT2D eigenvalue weighted by atomic mass is 32.2. The average molecular weight is 453 g/mol. The summed E-state index contributed by atoms with van der Waals surface area (Å²) >= 11 is 1.42. The number of sulfonamides is 1. The molecular formula is C21H32N4O3S2. The number of amides is 1. The lowest BCUT2D eigenvalue weighted by molar-refractivity contribution is -0.115. The SMILES string of the molecule is Cc1nc(S[C@H](C)C(=O)Nc2ccc(S(=O)(=O)NC(C)C)cc2)n(CC(C)C)c1C. The highest BCUT2D eigenvalue weighted by Gasteiger charge is 2.21. The normalized spacial score (nSPS) is 13.1. The first-order valence-electron chi connectivity index (χ1n) is 10.0. The van der Waals surface area contributed by atoms with Crippen molar-refractivity contribution in [1.82, 2.24) is 14.3 Å². The minimum absolute atomic E-state index is 0.162. The van der Waals surface area contributed by atoms with Gasteiger partial charge in [-0.25, -0.2) is 18.1 Å². The number of nitrogens with one attached hydrogen (secondary N) is 2. The summed E-state index contributed by atoms with van der Waals surface area (Å²) in [5.74, 6) is 0.311. The first-order chi connectivity index (χ1) is 13.9. The number of carbonyl (C=O) groups is 1. The largest absolute Gasteiger partial charge is 0.325 e. The topological polar surface area (TPSA) is 93.1 Å². The Morgan fingerprint density at radius 3 is 2.23 bits per heavy atom. The molecule has 9 heteroatoms. The van der Waals surface area contributed by atoms with E-state index in [4.69, 9.17) is 0 Å². The Balaban J connectivity index is 2.07.